The number of hydrogen-bond donors (Lipinski definition) is 0. The predicted octanol–water partition coefficient (Wildman–Crippen LogP) is 4.40. The lowest BCUT2D eigenvalue weighted by Crippen LogP contribution is -2.51. The number of ether oxygens (including phenoxy) is 2. The number of likely N-dealkylation sites (tertiary alicyclic amines) is 1. The number of hydrogen-bond acceptors (Lipinski definition) is 5. The molecule has 3 aliphatic heterocycles. The minimum atomic E-state index is -4.51. The lowest BCUT2D eigenvalue weighted by Gasteiger charge is -2.48. The zero-order chi connectivity index (χ0) is 26.7. The van der Waals surface area contributed by atoms with Crippen molar-refractivity contribution in [1.82, 2.24) is 9.47 Å². The van der Waals surface area contributed by atoms with Crippen LogP contribution in [0.25, 0.3) is 5.70 Å². The van der Waals surface area contributed by atoms with Crippen molar-refractivity contribution < 1.29 is 35.9 Å². The highest BCUT2D eigenvalue weighted by atomic mass is 32.2. The number of halogens is 3. The second-order valence-electron chi connectivity index (χ2n) is 10.1. The minimum absolute atomic E-state index is 0.157. The second-order valence-corrected chi connectivity index (χ2v) is 12.4. The van der Waals surface area contributed by atoms with Crippen molar-refractivity contribution in [2.75, 3.05) is 26.3 Å². The van der Waals surface area contributed by atoms with Crippen LogP contribution in [0.4, 0.5) is 13.2 Å². The average Bonchev–Trinajstić information content (AvgIpc) is 3.61. The molecule has 2 fully saturated rings. The number of amides is 1. The van der Waals surface area contributed by atoms with E-state index in [0.717, 1.165) is 6.07 Å². The van der Waals surface area contributed by atoms with Crippen molar-refractivity contribution in [2.45, 2.75) is 53.7 Å². The zero-order valence-corrected chi connectivity index (χ0v) is 21.3. The Balaban J connectivity index is 1.22. The number of alkyl halides is 3. The van der Waals surface area contributed by atoms with Crippen LogP contribution in [0.2, 0.25) is 0 Å². The molecule has 2 saturated heterocycles. The molecule has 11 heteroatoms. The SMILES string of the molecule is O=C(c1ccc(S(=O)(=O)C2CCOC2)cc1)N1CCC2(CC1)OC1CC=CC=C1n1c(C(F)(F)F)ccc12. The molecule has 2 unspecified atom stereocenters. The summed E-state index contributed by atoms with van der Waals surface area (Å²) in [6, 6.07) is 8.52. The van der Waals surface area contributed by atoms with Gasteiger partial charge in [-0.1, -0.05) is 12.2 Å². The van der Waals surface area contributed by atoms with Crippen molar-refractivity contribution in [3.8, 4) is 0 Å². The number of nitrogens with zero attached hydrogens (tertiary/aromatic N) is 2. The summed E-state index contributed by atoms with van der Waals surface area (Å²) in [6.07, 6.45) is 1.91. The molecular weight excluding hydrogens is 521 g/mol. The van der Waals surface area contributed by atoms with Crippen LogP contribution in [0.5, 0.6) is 0 Å². The lowest BCUT2D eigenvalue weighted by atomic mass is 9.85. The van der Waals surface area contributed by atoms with Gasteiger partial charge in [0.1, 0.15) is 17.4 Å². The largest absolute Gasteiger partial charge is 0.431 e. The summed E-state index contributed by atoms with van der Waals surface area (Å²) in [7, 11) is -3.53. The highest BCUT2D eigenvalue weighted by Crippen LogP contribution is 2.48. The average molecular weight is 549 g/mol. The molecule has 4 aliphatic rings. The molecule has 7 nitrogen and oxygen atoms in total. The molecule has 0 N–H and O–H groups in total. The van der Waals surface area contributed by atoms with Gasteiger partial charge in [-0.15, -0.1) is 0 Å². The molecule has 1 aliphatic carbocycles. The van der Waals surface area contributed by atoms with Crippen molar-refractivity contribution in [2.24, 2.45) is 0 Å². The third kappa shape index (κ3) is 4.11. The number of rotatable bonds is 3. The maximum absolute atomic E-state index is 13.9. The molecule has 0 radical (unpaired) electrons. The van der Waals surface area contributed by atoms with Gasteiger partial charge >= 0.3 is 6.18 Å². The van der Waals surface area contributed by atoms with Gasteiger partial charge in [-0.2, -0.15) is 13.2 Å². The molecule has 0 saturated carbocycles. The topological polar surface area (TPSA) is 77.8 Å². The first-order chi connectivity index (χ1) is 18.1. The maximum Gasteiger partial charge on any atom is 0.431 e. The molecule has 38 heavy (non-hydrogen) atoms. The first-order valence-electron chi connectivity index (χ1n) is 12.7. The number of allylic oxidation sites excluding steroid dienone is 2. The molecule has 1 aromatic carbocycles. The van der Waals surface area contributed by atoms with Gasteiger partial charge in [-0.05, 0) is 68.2 Å². The number of carbonyl (C=O) groups is 1. The Morgan fingerprint density at radius 1 is 1.05 bits per heavy atom. The number of carbonyl (C=O) groups excluding carboxylic acids is 1. The van der Waals surface area contributed by atoms with E-state index >= 15 is 0 Å². The van der Waals surface area contributed by atoms with Gasteiger partial charge in [0.05, 0.1) is 28.1 Å². The molecule has 0 bridgehead atoms. The van der Waals surface area contributed by atoms with Gasteiger partial charge in [0.15, 0.2) is 9.84 Å². The third-order valence-electron chi connectivity index (χ3n) is 7.96. The number of sulfone groups is 1. The maximum atomic E-state index is 13.9. The fourth-order valence-corrected chi connectivity index (χ4v) is 7.50. The number of aromatic nitrogens is 1. The molecule has 1 amide bonds. The van der Waals surface area contributed by atoms with E-state index in [0.29, 0.717) is 62.3 Å². The van der Waals surface area contributed by atoms with E-state index in [-0.39, 0.29) is 17.4 Å². The standard InChI is InChI=1S/C27H27F3N2O5S/c28-27(29,30)24-10-9-23-26(37-22-4-2-1-3-21(22)32(23)24)12-14-31(15-13-26)25(33)18-5-7-19(8-6-18)38(34,35)20-11-16-36-17-20/h1-3,5-10,20,22H,4,11-17H2. The zero-order valence-electron chi connectivity index (χ0n) is 20.5. The third-order valence-corrected chi connectivity index (χ3v) is 10.1. The smallest absolute Gasteiger partial charge is 0.380 e. The van der Waals surface area contributed by atoms with Gasteiger partial charge in [-0.3, -0.25) is 4.79 Å². The van der Waals surface area contributed by atoms with E-state index in [1.165, 1.54) is 34.9 Å². The Bertz CT molecular complexity index is 1410. The van der Waals surface area contributed by atoms with Gasteiger partial charge in [0.2, 0.25) is 0 Å². The van der Waals surface area contributed by atoms with Gasteiger partial charge < -0.3 is 18.9 Å². The van der Waals surface area contributed by atoms with Gasteiger partial charge in [0, 0.05) is 25.3 Å². The Kier molecular flexibility index (Phi) is 6.08. The highest BCUT2D eigenvalue weighted by molar-refractivity contribution is 7.92. The molecule has 1 aromatic heterocycles. The summed E-state index contributed by atoms with van der Waals surface area (Å²) in [5.74, 6) is -0.253. The Morgan fingerprint density at radius 3 is 2.45 bits per heavy atom. The molecule has 202 valence electrons. The highest BCUT2D eigenvalue weighted by Gasteiger charge is 2.49. The Morgan fingerprint density at radius 2 is 1.79 bits per heavy atom. The van der Waals surface area contributed by atoms with Crippen LogP contribution < -0.4 is 0 Å². The Hall–Kier alpha value is -2.89. The monoisotopic (exact) mass is 548 g/mol. The van der Waals surface area contributed by atoms with Crippen molar-refractivity contribution in [1.29, 1.82) is 0 Å². The van der Waals surface area contributed by atoms with E-state index in [1.54, 1.807) is 17.1 Å². The predicted molar refractivity (Wildman–Crippen MR) is 132 cm³/mol. The van der Waals surface area contributed by atoms with Gasteiger partial charge in [0.25, 0.3) is 5.91 Å². The van der Waals surface area contributed by atoms with Crippen LogP contribution >= 0.6 is 0 Å². The molecule has 2 aromatic rings. The summed E-state index contributed by atoms with van der Waals surface area (Å²) >= 11 is 0. The van der Waals surface area contributed by atoms with E-state index < -0.39 is 38.7 Å². The fourth-order valence-electron chi connectivity index (χ4n) is 5.91. The summed E-state index contributed by atoms with van der Waals surface area (Å²) in [5.41, 5.74) is -0.366. The summed E-state index contributed by atoms with van der Waals surface area (Å²) < 4.78 is 80.2. The van der Waals surface area contributed by atoms with Crippen molar-refractivity contribution >= 4 is 21.4 Å². The first-order valence-corrected chi connectivity index (χ1v) is 14.2. The first kappa shape index (κ1) is 25.4. The van der Waals surface area contributed by atoms with E-state index in [9.17, 15) is 26.4 Å². The molecule has 2 atom stereocenters. The van der Waals surface area contributed by atoms with E-state index in [4.69, 9.17) is 9.47 Å². The van der Waals surface area contributed by atoms with Gasteiger partial charge in [-0.25, -0.2) is 8.42 Å². The van der Waals surface area contributed by atoms with Crippen molar-refractivity contribution in [3.63, 3.8) is 0 Å². The fraction of sp³-hybridized carbons (Fsp3) is 0.444. The summed E-state index contributed by atoms with van der Waals surface area (Å²) in [5, 5.41) is -0.579. The van der Waals surface area contributed by atoms with Crippen LogP contribution in [0.1, 0.15) is 47.4 Å². The lowest BCUT2D eigenvalue weighted by molar-refractivity contribution is -0.147. The van der Waals surface area contributed by atoms with E-state index in [1.807, 2.05) is 6.08 Å². The van der Waals surface area contributed by atoms with Crippen LogP contribution in [-0.4, -0.2) is 61.4 Å². The molecule has 6 rings (SSSR count). The van der Waals surface area contributed by atoms with Crippen molar-refractivity contribution in [3.05, 3.63) is 71.6 Å². The van der Waals surface area contributed by atoms with E-state index in [2.05, 4.69) is 0 Å². The van der Waals surface area contributed by atoms with Crippen LogP contribution in [0.3, 0.4) is 0 Å². The number of piperidine rings is 1. The number of benzene rings is 1. The normalized spacial score (nSPS) is 24.7. The minimum Gasteiger partial charge on any atom is -0.380 e. The molecule has 1 spiro atoms. The Labute approximate surface area is 218 Å². The second kappa shape index (κ2) is 9.10. The summed E-state index contributed by atoms with van der Waals surface area (Å²) in [4.78, 5) is 15.0. The van der Waals surface area contributed by atoms with Crippen LogP contribution in [0.15, 0.2) is 59.5 Å². The van der Waals surface area contributed by atoms with Crippen LogP contribution in [0, 0.1) is 0 Å². The molecule has 4 heterocycles. The quantitative estimate of drug-likeness (QED) is 0.568. The van der Waals surface area contributed by atoms with Crippen LogP contribution in [-0.2, 0) is 31.1 Å². The number of fused-ring (bicyclic) bond motifs is 4. The summed E-state index contributed by atoms with van der Waals surface area (Å²) in [6.45, 7) is 1.18. The molecular formula is C27H27F3N2O5S.